The molecule has 0 fully saturated rings. The number of nitrogens with two attached hydrogens (primary N) is 1. The Hall–Kier alpha value is -0.610. The lowest BCUT2D eigenvalue weighted by Crippen LogP contribution is -2.45. The quantitative estimate of drug-likeness (QED) is 0.314. The number of hydrogen-bond donors (Lipinski definition) is 2. The molecule has 1 amide bonds. The maximum atomic E-state index is 10.9. The van der Waals surface area contributed by atoms with Gasteiger partial charge < -0.3 is 0 Å². The smallest absolute Gasteiger partial charge is 0.251 e. The van der Waals surface area contributed by atoms with Crippen molar-refractivity contribution < 1.29 is 4.79 Å². The molecule has 0 aromatic carbocycles. The predicted molar refractivity (Wildman–Crippen MR) is 40.1 cm³/mol. The highest BCUT2D eigenvalue weighted by Crippen LogP contribution is 1.96. The van der Waals surface area contributed by atoms with E-state index in [0.717, 1.165) is 6.42 Å². The Labute approximate surface area is 61.3 Å². The molecule has 0 saturated carbocycles. The number of rotatable bonds is 3. The van der Waals surface area contributed by atoms with Crippen LogP contribution in [0.3, 0.4) is 0 Å². The molecule has 1 atom stereocenters. The molecule has 4 heteroatoms. The van der Waals surface area contributed by atoms with Crippen molar-refractivity contribution in [3.8, 4) is 0 Å². The summed E-state index contributed by atoms with van der Waals surface area (Å²) in [6.45, 7) is 1.94. The Kier molecular flexibility index (Phi) is 3.99. The van der Waals surface area contributed by atoms with Crippen LogP contribution >= 0.6 is 0 Å². The van der Waals surface area contributed by atoms with Crippen molar-refractivity contribution in [3.63, 3.8) is 0 Å². The van der Waals surface area contributed by atoms with Gasteiger partial charge in [-0.3, -0.25) is 15.1 Å². The van der Waals surface area contributed by atoms with Gasteiger partial charge in [-0.1, -0.05) is 6.92 Å². The Balaban J connectivity index is 3.93. The predicted octanol–water partition coefficient (Wildman–Crippen LogP) is -0.683. The van der Waals surface area contributed by atoms with Crippen molar-refractivity contribution in [1.29, 1.82) is 0 Å². The summed E-state index contributed by atoms with van der Waals surface area (Å²) in [5.41, 5.74) is 2.12. The number of nitrogens with one attached hydrogen (secondary N) is 1. The van der Waals surface area contributed by atoms with Gasteiger partial charge in [-0.15, -0.1) is 0 Å². The van der Waals surface area contributed by atoms with Crippen LogP contribution in [-0.4, -0.2) is 30.9 Å². The van der Waals surface area contributed by atoms with Crippen molar-refractivity contribution in [2.45, 2.75) is 19.4 Å². The Morgan fingerprint density at radius 1 is 1.70 bits per heavy atom. The molecular weight excluding hydrogens is 130 g/mol. The zero-order valence-corrected chi connectivity index (χ0v) is 6.72. The lowest BCUT2D eigenvalue weighted by Gasteiger charge is -2.20. The number of hydrogen-bond acceptors (Lipinski definition) is 3. The molecule has 3 N–H and O–H groups in total. The number of carbonyl (C=O) groups excluding carboxylic acids is 1. The maximum Gasteiger partial charge on any atom is 0.251 e. The summed E-state index contributed by atoms with van der Waals surface area (Å²) in [5.74, 6) is 4.83. The highest BCUT2D eigenvalue weighted by molar-refractivity contribution is 5.80. The van der Waals surface area contributed by atoms with Crippen LogP contribution in [0.2, 0.25) is 0 Å². The fourth-order valence-electron chi connectivity index (χ4n) is 0.881. The average molecular weight is 145 g/mol. The van der Waals surface area contributed by atoms with Gasteiger partial charge >= 0.3 is 0 Å². The summed E-state index contributed by atoms with van der Waals surface area (Å²) < 4.78 is 0. The van der Waals surface area contributed by atoms with Gasteiger partial charge in [0.15, 0.2) is 0 Å². The minimum absolute atomic E-state index is 0.106. The topological polar surface area (TPSA) is 58.4 Å². The van der Waals surface area contributed by atoms with Crippen LogP contribution in [0.25, 0.3) is 0 Å². The van der Waals surface area contributed by atoms with Crippen LogP contribution in [0.5, 0.6) is 0 Å². The summed E-state index contributed by atoms with van der Waals surface area (Å²) in [4.78, 5) is 12.7. The van der Waals surface area contributed by atoms with Crippen LogP contribution in [0.1, 0.15) is 13.3 Å². The number of carbonyl (C=O) groups is 1. The van der Waals surface area contributed by atoms with E-state index >= 15 is 0 Å². The van der Waals surface area contributed by atoms with Gasteiger partial charge in [0.05, 0.1) is 6.04 Å². The van der Waals surface area contributed by atoms with Gasteiger partial charge in [-0.2, -0.15) is 0 Å². The van der Waals surface area contributed by atoms with Crippen molar-refractivity contribution in [2.24, 2.45) is 5.84 Å². The highest BCUT2D eigenvalue weighted by Gasteiger charge is 2.16. The van der Waals surface area contributed by atoms with E-state index in [1.54, 1.807) is 0 Å². The highest BCUT2D eigenvalue weighted by atomic mass is 16.2. The average Bonchev–Trinajstić information content (AvgIpc) is 1.88. The summed E-state index contributed by atoms with van der Waals surface area (Å²) in [7, 11) is 3.70. The van der Waals surface area contributed by atoms with E-state index in [1.165, 1.54) is 0 Å². The molecule has 0 aromatic rings. The Morgan fingerprint density at radius 2 is 2.20 bits per heavy atom. The van der Waals surface area contributed by atoms with Gasteiger partial charge in [0.1, 0.15) is 0 Å². The third-order valence-electron chi connectivity index (χ3n) is 1.45. The van der Waals surface area contributed by atoms with Crippen LogP contribution in [-0.2, 0) is 4.79 Å². The Morgan fingerprint density at radius 3 is 2.30 bits per heavy atom. The molecule has 0 heterocycles. The second kappa shape index (κ2) is 4.24. The SMILES string of the molecule is CCC(C(=O)NN)N(C)C. The summed E-state index contributed by atoms with van der Waals surface area (Å²) >= 11 is 0. The molecule has 1 unspecified atom stereocenters. The summed E-state index contributed by atoms with van der Waals surface area (Å²) in [6.07, 6.45) is 0.774. The zero-order valence-electron chi connectivity index (χ0n) is 6.72. The van der Waals surface area contributed by atoms with Gasteiger partial charge in [-0.05, 0) is 20.5 Å². The number of likely N-dealkylation sites (N-methyl/N-ethyl adjacent to an activating group) is 1. The molecular formula is C6H15N3O. The van der Waals surface area contributed by atoms with Crippen LogP contribution in [0.4, 0.5) is 0 Å². The standard InChI is InChI=1S/C6H15N3O/c1-4-5(9(2)3)6(10)8-7/h5H,4,7H2,1-3H3,(H,8,10). The fourth-order valence-corrected chi connectivity index (χ4v) is 0.881. The van der Waals surface area contributed by atoms with E-state index in [2.05, 4.69) is 5.43 Å². The van der Waals surface area contributed by atoms with Gasteiger partial charge in [0.25, 0.3) is 5.91 Å². The number of amides is 1. The number of hydrazine groups is 1. The Bertz CT molecular complexity index is 114. The van der Waals surface area contributed by atoms with Crippen molar-refractivity contribution in [3.05, 3.63) is 0 Å². The van der Waals surface area contributed by atoms with Gasteiger partial charge in [0.2, 0.25) is 0 Å². The minimum atomic E-state index is -0.132. The second-order valence-electron chi connectivity index (χ2n) is 2.40. The molecule has 10 heavy (non-hydrogen) atoms. The van der Waals surface area contributed by atoms with Crippen LogP contribution in [0, 0.1) is 0 Å². The first-order valence-corrected chi connectivity index (χ1v) is 3.30. The first-order chi connectivity index (χ1) is 4.63. The van der Waals surface area contributed by atoms with Crippen LogP contribution < -0.4 is 11.3 Å². The third-order valence-corrected chi connectivity index (χ3v) is 1.45. The van der Waals surface area contributed by atoms with Gasteiger partial charge in [0, 0.05) is 0 Å². The van der Waals surface area contributed by atoms with E-state index in [4.69, 9.17) is 5.84 Å². The zero-order chi connectivity index (χ0) is 8.15. The molecule has 0 saturated heterocycles. The van der Waals surface area contributed by atoms with Crippen molar-refractivity contribution in [2.75, 3.05) is 14.1 Å². The molecule has 0 radical (unpaired) electrons. The third kappa shape index (κ3) is 2.33. The summed E-state index contributed by atoms with van der Waals surface area (Å²) in [6, 6.07) is -0.106. The van der Waals surface area contributed by atoms with E-state index < -0.39 is 0 Å². The first kappa shape index (κ1) is 9.39. The maximum absolute atomic E-state index is 10.9. The summed E-state index contributed by atoms with van der Waals surface area (Å²) in [5, 5.41) is 0. The second-order valence-corrected chi connectivity index (χ2v) is 2.40. The molecule has 0 aliphatic rings. The molecule has 0 spiro atoms. The molecule has 0 rings (SSSR count). The molecule has 0 bridgehead atoms. The van der Waals surface area contributed by atoms with Crippen molar-refractivity contribution >= 4 is 5.91 Å². The molecule has 0 aromatic heterocycles. The molecule has 0 aliphatic carbocycles. The lowest BCUT2D eigenvalue weighted by molar-refractivity contribution is -0.125. The lowest BCUT2D eigenvalue weighted by atomic mass is 10.2. The first-order valence-electron chi connectivity index (χ1n) is 3.30. The number of nitrogens with zero attached hydrogens (tertiary/aromatic N) is 1. The normalized spacial score (nSPS) is 13.3. The molecule has 0 aliphatic heterocycles. The monoisotopic (exact) mass is 145 g/mol. The van der Waals surface area contributed by atoms with E-state index in [1.807, 2.05) is 25.9 Å². The fraction of sp³-hybridized carbons (Fsp3) is 0.833. The van der Waals surface area contributed by atoms with Gasteiger partial charge in [-0.25, -0.2) is 5.84 Å². The van der Waals surface area contributed by atoms with E-state index in [9.17, 15) is 4.79 Å². The van der Waals surface area contributed by atoms with E-state index in [-0.39, 0.29) is 11.9 Å². The van der Waals surface area contributed by atoms with Crippen molar-refractivity contribution in [1.82, 2.24) is 10.3 Å². The minimum Gasteiger partial charge on any atom is -0.298 e. The van der Waals surface area contributed by atoms with E-state index in [0.29, 0.717) is 0 Å². The van der Waals surface area contributed by atoms with Crippen LogP contribution in [0.15, 0.2) is 0 Å². The molecule has 60 valence electrons. The largest absolute Gasteiger partial charge is 0.298 e. The molecule has 4 nitrogen and oxygen atoms in total.